The molecule has 0 spiro atoms. The monoisotopic (exact) mass is 586 g/mol. The first-order valence-corrected chi connectivity index (χ1v) is 9.94. The number of methoxy groups -OCH3 is 1. The zero-order valence-corrected chi connectivity index (χ0v) is 18.8. The normalized spacial score (nSPS) is 10.7. The molecule has 0 unspecified atom stereocenters. The zero-order valence-electron chi connectivity index (χ0n) is 14.5. The predicted molar refractivity (Wildman–Crippen MR) is 123 cm³/mol. The highest BCUT2D eigenvalue weighted by Gasteiger charge is 2.14. The Bertz CT molecular complexity index is 933. The molecule has 27 heavy (non-hydrogen) atoms. The molecule has 0 bridgehead atoms. The van der Waals surface area contributed by atoms with Crippen molar-refractivity contribution in [2.24, 2.45) is 0 Å². The topological polar surface area (TPSA) is 71.3 Å². The molecule has 0 atom stereocenters. The van der Waals surface area contributed by atoms with E-state index in [1.165, 1.54) is 13.2 Å². The minimum Gasteiger partial charge on any atom is -0.493 e. The Morgan fingerprint density at radius 1 is 1.33 bits per heavy atom. The van der Waals surface area contributed by atoms with Gasteiger partial charge in [0.1, 0.15) is 18.2 Å². The van der Waals surface area contributed by atoms with Crippen molar-refractivity contribution in [3.63, 3.8) is 0 Å². The molecule has 0 radical (unpaired) electrons. The van der Waals surface area contributed by atoms with Crippen LogP contribution in [0.15, 0.2) is 54.6 Å². The molecule has 0 saturated heterocycles. The molecule has 2 aromatic rings. The molecule has 5 nitrogen and oxygen atoms in total. The fourth-order valence-corrected chi connectivity index (χ4v) is 3.51. The molecular formula is C20H16I2N2O3. The molecule has 2 rings (SSSR count). The highest BCUT2D eigenvalue weighted by molar-refractivity contribution is 14.1. The van der Waals surface area contributed by atoms with Crippen LogP contribution in [0.5, 0.6) is 11.5 Å². The van der Waals surface area contributed by atoms with E-state index >= 15 is 0 Å². The molecular weight excluding hydrogens is 570 g/mol. The number of nitrogens with one attached hydrogen (secondary N) is 1. The number of nitriles is 1. The molecule has 1 amide bonds. The third-order valence-corrected chi connectivity index (χ3v) is 4.83. The van der Waals surface area contributed by atoms with E-state index < -0.39 is 5.91 Å². The number of amides is 1. The van der Waals surface area contributed by atoms with Gasteiger partial charge in [0.05, 0.1) is 10.7 Å². The standard InChI is InChI=1S/C20H16I2N2O3/c1-3-7-27-19-17(22)9-13(10-18(19)26-2)8-14(12-23)20(25)24-16-6-4-5-15(21)11-16/h3-6,8-11H,1,7H2,2H3,(H,24,25)/b14-8+. The summed E-state index contributed by atoms with van der Waals surface area (Å²) in [6, 6.07) is 12.8. The predicted octanol–water partition coefficient (Wildman–Crippen LogP) is 5.01. The third-order valence-electron chi connectivity index (χ3n) is 3.36. The Balaban J connectivity index is 2.31. The number of anilines is 1. The van der Waals surface area contributed by atoms with Gasteiger partial charge in [0.2, 0.25) is 0 Å². The number of carbonyl (C=O) groups excluding carboxylic acids is 1. The number of ether oxygens (including phenoxy) is 2. The summed E-state index contributed by atoms with van der Waals surface area (Å²) in [6.45, 7) is 3.98. The van der Waals surface area contributed by atoms with Crippen LogP contribution in [0.2, 0.25) is 0 Å². The Morgan fingerprint density at radius 2 is 2.11 bits per heavy atom. The first-order chi connectivity index (χ1) is 13.0. The van der Waals surface area contributed by atoms with E-state index in [-0.39, 0.29) is 5.57 Å². The van der Waals surface area contributed by atoms with Crippen molar-refractivity contribution in [2.75, 3.05) is 19.0 Å². The fraction of sp³-hybridized carbons (Fsp3) is 0.100. The summed E-state index contributed by atoms with van der Waals surface area (Å²) in [5, 5.41) is 12.1. The first kappa shape index (κ1) is 21.2. The van der Waals surface area contributed by atoms with Crippen LogP contribution in [0.4, 0.5) is 5.69 Å². The molecule has 7 heteroatoms. The SMILES string of the molecule is C=CCOc1c(I)cc(/C=C(\C#N)C(=O)Nc2cccc(I)c2)cc1OC. The van der Waals surface area contributed by atoms with Crippen molar-refractivity contribution in [1.29, 1.82) is 5.26 Å². The van der Waals surface area contributed by atoms with Gasteiger partial charge < -0.3 is 14.8 Å². The molecule has 138 valence electrons. The maximum absolute atomic E-state index is 12.4. The van der Waals surface area contributed by atoms with Gasteiger partial charge in [-0.25, -0.2) is 0 Å². The fourth-order valence-electron chi connectivity index (χ4n) is 2.19. The maximum atomic E-state index is 12.4. The largest absolute Gasteiger partial charge is 0.493 e. The highest BCUT2D eigenvalue weighted by atomic mass is 127. The van der Waals surface area contributed by atoms with Crippen molar-refractivity contribution < 1.29 is 14.3 Å². The lowest BCUT2D eigenvalue weighted by atomic mass is 10.1. The van der Waals surface area contributed by atoms with Gasteiger partial charge in [-0.3, -0.25) is 4.79 Å². The second-order valence-electron chi connectivity index (χ2n) is 5.27. The van der Waals surface area contributed by atoms with Gasteiger partial charge in [-0.2, -0.15) is 5.26 Å². The van der Waals surface area contributed by atoms with Gasteiger partial charge in [0, 0.05) is 9.26 Å². The smallest absolute Gasteiger partial charge is 0.266 e. The van der Waals surface area contributed by atoms with E-state index in [0.717, 1.165) is 7.14 Å². The number of nitrogens with zero attached hydrogens (tertiary/aromatic N) is 1. The quantitative estimate of drug-likeness (QED) is 0.214. The number of halogens is 2. The molecule has 0 saturated carbocycles. The van der Waals surface area contributed by atoms with Gasteiger partial charge >= 0.3 is 0 Å². The summed E-state index contributed by atoms with van der Waals surface area (Å²) < 4.78 is 12.8. The van der Waals surface area contributed by atoms with Gasteiger partial charge in [-0.15, -0.1) is 0 Å². The van der Waals surface area contributed by atoms with Gasteiger partial charge in [-0.05, 0) is 87.2 Å². The summed E-state index contributed by atoms with van der Waals surface area (Å²) in [5.74, 6) is 0.641. The Hall–Kier alpha value is -2.06. The first-order valence-electron chi connectivity index (χ1n) is 7.78. The lowest BCUT2D eigenvalue weighted by molar-refractivity contribution is -0.112. The van der Waals surface area contributed by atoms with Crippen LogP contribution in [0.25, 0.3) is 6.08 Å². The van der Waals surface area contributed by atoms with Crippen LogP contribution < -0.4 is 14.8 Å². The number of carbonyl (C=O) groups is 1. The Labute approximate surface area is 185 Å². The van der Waals surface area contributed by atoms with E-state index in [4.69, 9.17) is 9.47 Å². The Kier molecular flexibility index (Phi) is 8.12. The van der Waals surface area contributed by atoms with E-state index in [0.29, 0.717) is 29.4 Å². The second-order valence-corrected chi connectivity index (χ2v) is 7.68. The third kappa shape index (κ3) is 5.97. The number of rotatable bonds is 7. The average molecular weight is 586 g/mol. The molecule has 0 aliphatic heterocycles. The van der Waals surface area contributed by atoms with Gasteiger partial charge in [-0.1, -0.05) is 18.7 Å². The van der Waals surface area contributed by atoms with E-state index in [1.807, 2.05) is 30.3 Å². The lowest BCUT2D eigenvalue weighted by Crippen LogP contribution is -2.13. The van der Waals surface area contributed by atoms with E-state index in [1.54, 1.807) is 18.2 Å². The highest BCUT2D eigenvalue weighted by Crippen LogP contribution is 2.34. The average Bonchev–Trinajstić information content (AvgIpc) is 2.64. The van der Waals surface area contributed by atoms with Crippen molar-refractivity contribution in [1.82, 2.24) is 0 Å². The zero-order chi connectivity index (χ0) is 19.8. The van der Waals surface area contributed by atoms with Crippen molar-refractivity contribution in [3.8, 4) is 17.6 Å². The molecule has 0 aromatic heterocycles. The summed E-state index contributed by atoms with van der Waals surface area (Å²) in [5.41, 5.74) is 1.29. The molecule has 0 aliphatic rings. The van der Waals surface area contributed by atoms with Crippen LogP contribution in [0, 0.1) is 18.5 Å². The van der Waals surface area contributed by atoms with Crippen molar-refractivity contribution >= 4 is 62.9 Å². The minimum atomic E-state index is -0.472. The van der Waals surface area contributed by atoms with Crippen LogP contribution in [0.3, 0.4) is 0 Å². The number of hydrogen-bond donors (Lipinski definition) is 1. The summed E-state index contributed by atoms with van der Waals surface area (Å²) in [6.07, 6.45) is 3.16. The molecule has 1 N–H and O–H groups in total. The van der Waals surface area contributed by atoms with Crippen LogP contribution in [-0.2, 0) is 4.79 Å². The number of hydrogen-bond acceptors (Lipinski definition) is 4. The van der Waals surface area contributed by atoms with E-state index in [9.17, 15) is 10.1 Å². The molecule has 0 aliphatic carbocycles. The molecule has 0 fully saturated rings. The van der Waals surface area contributed by atoms with Crippen molar-refractivity contribution in [3.05, 3.63) is 67.3 Å². The Morgan fingerprint density at radius 3 is 2.74 bits per heavy atom. The summed E-state index contributed by atoms with van der Waals surface area (Å²) in [7, 11) is 1.54. The van der Waals surface area contributed by atoms with Crippen LogP contribution >= 0.6 is 45.2 Å². The van der Waals surface area contributed by atoms with Gasteiger partial charge in [0.15, 0.2) is 11.5 Å². The lowest BCUT2D eigenvalue weighted by Gasteiger charge is -2.12. The number of benzene rings is 2. The summed E-state index contributed by atoms with van der Waals surface area (Å²) >= 11 is 4.28. The molecule has 2 aromatic carbocycles. The maximum Gasteiger partial charge on any atom is 0.266 e. The van der Waals surface area contributed by atoms with Gasteiger partial charge in [0.25, 0.3) is 5.91 Å². The summed E-state index contributed by atoms with van der Waals surface area (Å²) in [4.78, 5) is 12.4. The molecule has 0 heterocycles. The second kappa shape index (κ2) is 10.3. The van der Waals surface area contributed by atoms with Crippen LogP contribution in [-0.4, -0.2) is 19.6 Å². The van der Waals surface area contributed by atoms with Crippen molar-refractivity contribution in [2.45, 2.75) is 0 Å². The van der Waals surface area contributed by atoms with Crippen LogP contribution in [0.1, 0.15) is 5.56 Å². The van der Waals surface area contributed by atoms with E-state index in [2.05, 4.69) is 57.1 Å². The minimum absolute atomic E-state index is 0.00789.